The maximum Gasteiger partial charge on any atom is 0.255 e. The number of benzene rings is 2. The number of amides is 1. The van der Waals surface area contributed by atoms with Crippen molar-refractivity contribution in [3.8, 4) is 0 Å². The van der Waals surface area contributed by atoms with E-state index in [9.17, 15) is 9.59 Å². The number of carbonyl (C=O) groups excluding carboxylic acids is 1. The Balaban J connectivity index is 1.45. The fourth-order valence-electron chi connectivity index (χ4n) is 7.30. The predicted octanol–water partition coefficient (Wildman–Crippen LogP) is 6.99. The van der Waals surface area contributed by atoms with Crippen LogP contribution in [-0.2, 0) is 18.4 Å². The number of para-hydroxylation sites is 1. The summed E-state index contributed by atoms with van der Waals surface area (Å²) in [5.74, 6) is 1.07. The highest BCUT2D eigenvalue weighted by molar-refractivity contribution is 5.81. The fourth-order valence-corrected chi connectivity index (χ4v) is 7.30. The highest BCUT2D eigenvalue weighted by Crippen LogP contribution is 2.36. The van der Waals surface area contributed by atoms with Gasteiger partial charge in [-0.2, -0.15) is 0 Å². The molecule has 5 heteroatoms. The van der Waals surface area contributed by atoms with Crippen molar-refractivity contribution in [1.82, 2.24) is 14.4 Å². The van der Waals surface area contributed by atoms with Gasteiger partial charge >= 0.3 is 0 Å². The first-order chi connectivity index (χ1) is 19.7. The number of aromatic nitrogens is 1. The van der Waals surface area contributed by atoms with E-state index >= 15 is 0 Å². The minimum Gasteiger partial charge on any atom is -0.337 e. The summed E-state index contributed by atoms with van der Waals surface area (Å²) < 4.78 is 1.74. The number of pyridine rings is 1. The Morgan fingerprint density at radius 1 is 0.927 bits per heavy atom. The molecule has 1 amide bonds. The molecule has 5 nitrogen and oxygen atoms in total. The van der Waals surface area contributed by atoms with E-state index in [-0.39, 0.29) is 23.3 Å². The van der Waals surface area contributed by atoms with Crippen LogP contribution in [0.2, 0.25) is 0 Å². The van der Waals surface area contributed by atoms with E-state index in [1.54, 1.807) is 4.57 Å². The van der Waals surface area contributed by atoms with Crippen molar-refractivity contribution in [3.63, 3.8) is 0 Å². The van der Waals surface area contributed by atoms with Crippen LogP contribution in [0.5, 0.6) is 0 Å². The molecule has 0 radical (unpaired) electrons. The lowest BCUT2D eigenvalue weighted by atomic mass is 9.79. The van der Waals surface area contributed by atoms with Gasteiger partial charge in [-0.15, -0.1) is 0 Å². The lowest BCUT2D eigenvalue weighted by Crippen LogP contribution is -2.44. The molecule has 0 spiro atoms. The van der Waals surface area contributed by atoms with Gasteiger partial charge in [-0.25, -0.2) is 0 Å². The van der Waals surface area contributed by atoms with Gasteiger partial charge in [-0.3, -0.25) is 9.59 Å². The van der Waals surface area contributed by atoms with Gasteiger partial charge in [-0.05, 0) is 73.2 Å². The molecule has 3 aromatic rings. The van der Waals surface area contributed by atoms with E-state index < -0.39 is 0 Å². The molecule has 0 N–H and O–H groups in total. The number of nitrogens with zero attached hydrogens (tertiary/aromatic N) is 3. The van der Waals surface area contributed by atoms with Gasteiger partial charge in [0.1, 0.15) is 0 Å². The molecule has 1 saturated heterocycles. The van der Waals surface area contributed by atoms with E-state index in [4.69, 9.17) is 0 Å². The lowest BCUT2D eigenvalue weighted by Gasteiger charge is -2.41. The Kier molecular flexibility index (Phi) is 9.33. The van der Waals surface area contributed by atoms with Crippen LogP contribution in [0, 0.1) is 17.3 Å². The van der Waals surface area contributed by atoms with Crippen molar-refractivity contribution < 1.29 is 4.79 Å². The van der Waals surface area contributed by atoms with Crippen LogP contribution in [0.25, 0.3) is 10.9 Å². The predicted molar refractivity (Wildman–Crippen MR) is 169 cm³/mol. The molecule has 1 saturated carbocycles. The van der Waals surface area contributed by atoms with Gasteiger partial charge in [0.05, 0.1) is 12.1 Å². The van der Waals surface area contributed by atoms with Gasteiger partial charge < -0.3 is 14.4 Å². The van der Waals surface area contributed by atoms with Crippen LogP contribution in [-0.4, -0.2) is 46.5 Å². The van der Waals surface area contributed by atoms with Crippen LogP contribution in [0.15, 0.2) is 65.5 Å². The Morgan fingerprint density at radius 3 is 2.27 bits per heavy atom. The molecule has 5 rings (SSSR count). The second-order valence-electron chi connectivity index (χ2n) is 13.8. The Labute approximate surface area is 246 Å². The zero-order valence-corrected chi connectivity index (χ0v) is 25.6. The quantitative estimate of drug-likeness (QED) is 0.301. The molecular formula is C36H49N3O2. The van der Waals surface area contributed by atoms with Gasteiger partial charge in [0.2, 0.25) is 5.91 Å². The van der Waals surface area contributed by atoms with Gasteiger partial charge in [-0.1, -0.05) is 88.6 Å². The number of fused-ring (bicyclic) bond motifs is 1. The Bertz CT molecular complexity index is 1360. The molecule has 2 fully saturated rings. The van der Waals surface area contributed by atoms with Crippen LogP contribution in [0.3, 0.4) is 0 Å². The summed E-state index contributed by atoms with van der Waals surface area (Å²) in [6.07, 6.45) is 7.66. The molecule has 2 aliphatic rings. The summed E-state index contributed by atoms with van der Waals surface area (Å²) in [7, 11) is 1.85. The van der Waals surface area contributed by atoms with Gasteiger partial charge in [0.15, 0.2) is 0 Å². The summed E-state index contributed by atoms with van der Waals surface area (Å²) in [6.45, 7) is 11.3. The molecule has 2 heterocycles. The van der Waals surface area contributed by atoms with Gasteiger partial charge in [0.25, 0.3) is 5.56 Å². The topological polar surface area (TPSA) is 45.6 Å². The molecule has 220 valence electrons. The van der Waals surface area contributed by atoms with Crippen molar-refractivity contribution in [1.29, 1.82) is 0 Å². The van der Waals surface area contributed by atoms with E-state index in [1.807, 2.05) is 31.3 Å². The largest absolute Gasteiger partial charge is 0.337 e. The van der Waals surface area contributed by atoms with Crippen molar-refractivity contribution >= 4 is 16.8 Å². The van der Waals surface area contributed by atoms with Crippen molar-refractivity contribution in [3.05, 3.63) is 82.1 Å². The van der Waals surface area contributed by atoms with E-state index in [2.05, 4.69) is 67.0 Å². The van der Waals surface area contributed by atoms with Crippen molar-refractivity contribution in [2.75, 3.05) is 26.2 Å². The number of hydrogen-bond donors (Lipinski definition) is 0. The third kappa shape index (κ3) is 7.30. The summed E-state index contributed by atoms with van der Waals surface area (Å²) in [5.41, 5.74) is 3.24. The number of piperidine rings is 1. The molecular weight excluding hydrogens is 506 g/mol. The van der Waals surface area contributed by atoms with E-state index in [1.165, 1.54) is 12.0 Å². The number of likely N-dealkylation sites (tertiary alicyclic amines) is 1. The average molecular weight is 556 g/mol. The third-order valence-corrected chi connectivity index (χ3v) is 9.38. The van der Waals surface area contributed by atoms with Gasteiger partial charge in [0, 0.05) is 37.5 Å². The molecule has 1 aliphatic carbocycles. The fraction of sp³-hybridized carbons (Fsp3) is 0.556. The number of carbonyl (C=O) groups is 1. The van der Waals surface area contributed by atoms with Crippen molar-refractivity contribution in [2.45, 2.75) is 78.2 Å². The Hall–Kier alpha value is -2.92. The lowest BCUT2D eigenvalue weighted by molar-refractivity contribution is -0.137. The van der Waals surface area contributed by atoms with Crippen molar-refractivity contribution in [2.24, 2.45) is 24.3 Å². The van der Waals surface area contributed by atoms with Crippen LogP contribution < -0.4 is 5.56 Å². The second-order valence-corrected chi connectivity index (χ2v) is 13.8. The first-order valence-corrected chi connectivity index (χ1v) is 15.8. The summed E-state index contributed by atoms with van der Waals surface area (Å²) >= 11 is 0. The number of hydrogen-bond acceptors (Lipinski definition) is 3. The standard InChI is InChI=1S/C36H49N3O2/c1-36(2,3)26-38-21-19-28(20-22-38)32(27-13-7-5-8-14-27)25-39(35(41)29-15-9-6-10-16-29)24-31-23-30-17-11-12-18-33(30)37(4)34(31)40/h5,7-8,11-14,17-18,23,28-29,32H,6,9-10,15-16,19-22,24-26H2,1-4H3. The van der Waals surface area contributed by atoms with Crippen LogP contribution in [0.1, 0.15) is 82.8 Å². The zero-order chi connectivity index (χ0) is 29.0. The monoisotopic (exact) mass is 555 g/mol. The van der Waals surface area contributed by atoms with Crippen LogP contribution in [0.4, 0.5) is 0 Å². The third-order valence-electron chi connectivity index (χ3n) is 9.38. The normalized spacial score (nSPS) is 18.4. The molecule has 2 aromatic carbocycles. The summed E-state index contributed by atoms with van der Waals surface area (Å²) in [6, 6.07) is 20.9. The maximum atomic E-state index is 14.2. The van der Waals surface area contributed by atoms with E-state index in [0.29, 0.717) is 30.0 Å². The Morgan fingerprint density at radius 2 is 1.59 bits per heavy atom. The average Bonchev–Trinajstić information content (AvgIpc) is 2.98. The first-order valence-electron chi connectivity index (χ1n) is 15.8. The summed E-state index contributed by atoms with van der Waals surface area (Å²) in [4.78, 5) is 32.5. The maximum absolute atomic E-state index is 14.2. The molecule has 1 aromatic heterocycles. The molecule has 1 unspecified atom stereocenters. The molecule has 1 atom stereocenters. The smallest absolute Gasteiger partial charge is 0.255 e. The minimum absolute atomic E-state index is 0.00288. The van der Waals surface area contributed by atoms with Crippen LogP contribution >= 0.6 is 0 Å². The molecule has 41 heavy (non-hydrogen) atoms. The molecule has 0 bridgehead atoms. The highest BCUT2D eigenvalue weighted by Gasteiger charge is 2.34. The first kappa shape index (κ1) is 29.6. The highest BCUT2D eigenvalue weighted by atomic mass is 16.2. The second kappa shape index (κ2) is 12.9. The number of aryl methyl sites for hydroxylation is 1. The summed E-state index contributed by atoms with van der Waals surface area (Å²) in [5, 5.41) is 1.04. The minimum atomic E-state index is -0.00288. The zero-order valence-electron chi connectivity index (χ0n) is 25.6. The van der Waals surface area contributed by atoms with E-state index in [0.717, 1.165) is 69.1 Å². The SMILES string of the molecule is Cn1c(=O)c(CN(CC(c2ccccc2)C2CCN(CC(C)(C)C)CC2)C(=O)C2CCCCC2)cc2ccccc21. The number of rotatable bonds is 8. The molecule has 1 aliphatic heterocycles.